The molecule has 1 aromatic rings. The third-order valence-corrected chi connectivity index (χ3v) is 6.10. The number of benzene rings is 1. The topological polar surface area (TPSA) is 81.4 Å². The van der Waals surface area contributed by atoms with Crippen molar-refractivity contribution in [1.82, 2.24) is 4.72 Å². The van der Waals surface area contributed by atoms with E-state index in [2.05, 4.69) is 4.72 Å². The van der Waals surface area contributed by atoms with E-state index >= 15 is 0 Å². The molecule has 3 N–H and O–H groups in total. The number of nitrogens with two attached hydrogens (primary N) is 1. The predicted molar refractivity (Wildman–Crippen MR) is 76.4 cm³/mol. The van der Waals surface area contributed by atoms with Crippen LogP contribution in [0.5, 0.6) is 0 Å². The third kappa shape index (κ3) is 2.34. The van der Waals surface area contributed by atoms with Crippen molar-refractivity contribution >= 4 is 33.2 Å². The summed E-state index contributed by atoms with van der Waals surface area (Å²) in [5.41, 5.74) is 5.99. The SMILES string of the molecule is N[C@H]1[C@H]2CCO[C@H]2[C@@H]1NS(=O)(=O)c1ccc(Cl)cc1Cl. The highest BCUT2D eigenvalue weighted by molar-refractivity contribution is 7.89. The second kappa shape index (κ2) is 5.12. The van der Waals surface area contributed by atoms with Crippen molar-refractivity contribution in [2.75, 3.05) is 6.61 Å². The number of nitrogens with one attached hydrogen (secondary N) is 1. The summed E-state index contributed by atoms with van der Waals surface area (Å²) in [5.74, 6) is 0.239. The number of ether oxygens (including phenoxy) is 1. The second-order valence-corrected chi connectivity index (χ2v) is 7.61. The lowest BCUT2D eigenvalue weighted by Crippen LogP contribution is -2.68. The molecule has 1 saturated carbocycles. The molecule has 0 aromatic heterocycles. The molecule has 8 heteroatoms. The molecule has 0 radical (unpaired) electrons. The zero-order valence-corrected chi connectivity index (χ0v) is 12.8. The van der Waals surface area contributed by atoms with Gasteiger partial charge >= 0.3 is 0 Å². The number of hydrogen-bond acceptors (Lipinski definition) is 4. The van der Waals surface area contributed by atoms with E-state index in [1.54, 1.807) is 0 Å². The average Bonchev–Trinajstić information content (AvgIpc) is 2.80. The van der Waals surface area contributed by atoms with Gasteiger partial charge in [-0.05, 0) is 24.6 Å². The van der Waals surface area contributed by atoms with Gasteiger partial charge in [0.25, 0.3) is 0 Å². The van der Waals surface area contributed by atoms with E-state index in [0.29, 0.717) is 11.6 Å². The normalized spacial score (nSPS) is 32.8. The van der Waals surface area contributed by atoms with E-state index in [4.69, 9.17) is 33.7 Å². The third-order valence-electron chi connectivity index (χ3n) is 3.92. The number of rotatable bonds is 3. The van der Waals surface area contributed by atoms with Crippen LogP contribution in [0.4, 0.5) is 0 Å². The van der Waals surface area contributed by atoms with Crippen molar-refractivity contribution in [2.45, 2.75) is 29.5 Å². The van der Waals surface area contributed by atoms with Crippen LogP contribution in [0.15, 0.2) is 23.1 Å². The van der Waals surface area contributed by atoms with E-state index in [9.17, 15) is 8.42 Å². The van der Waals surface area contributed by atoms with Crippen LogP contribution >= 0.6 is 23.2 Å². The van der Waals surface area contributed by atoms with Crippen molar-refractivity contribution in [1.29, 1.82) is 0 Å². The minimum absolute atomic E-state index is 0.00258. The highest BCUT2D eigenvalue weighted by atomic mass is 35.5. The van der Waals surface area contributed by atoms with Gasteiger partial charge in [0.2, 0.25) is 10.0 Å². The van der Waals surface area contributed by atoms with Gasteiger partial charge < -0.3 is 10.5 Å². The van der Waals surface area contributed by atoms with Gasteiger partial charge in [0.15, 0.2) is 0 Å². The summed E-state index contributed by atoms with van der Waals surface area (Å²) in [6.45, 7) is 0.628. The molecular formula is C12H14Cl2N2O3S. The van der Waals surface area contributed by atoms with Crippen LogP contribution in [0, 0.1) is 5.92 Å². The fourth-order valence-corrected chi connectivity index (χ4v) is 4.88. The van der Waals surface area contributed by atoms with Gasteiger partial charge in [-0.2, -0.15) is 0 Å². The van der Waals surface area contributed by atoms with Gasteiger partial charge in [0, 0.05) is 23.6 Å². The Morgan fingerprint density at radius 2 is 2.10 bits per heavy atom. The molecule has 1 aliphatic heterocycles. The van der Waals surface area contributed by atoms with Crippen LogP contribution in [0.3, 0.4) is 0 Å². The Labute approximate surface area is 127 Å². The fourth-order valence-electron chi connectivity index (χ4n) is 2.83. The van der Waals surface area contributed by atoms with E-state index in [0.717, 1.165) is 6.42 Å². The molecule has 0 spiro atoms. The standard InChI is InChI=1S/C12H14Cl2N2O3S/c13-6-1-2-9(8(14)5-6)20(17,18)16-11-10(15)7-3-4-19-12(7)11/h1-2,5,7,10-12,16H,3-4,15H2/t7-,10+,11-,12-/m1/s1. The highest BCUT2D eigenvalue weighted by Crippen LogP contribution is 2.38. The van der Waals surface area contributed by atoms with E-state index in [-0.39, 0.29) is 28.0 Å². The second-order valence-electron chi connectivity index (χ2n) is 5.09. The fraction of sp³-hybridized carbons (Fsp3) is 0.500. The first-order valence-corrected chi connectivity index (χ1v) is 8.48. The predicted octanol–water partition coefficient (Wildman–Crippen LogP) is 1.39. The largest absolute Gasteiger partial charge is 0.376 e. The molecule has 1 aliphatic carbocycles. The molecule has 2 aliphatic rings. The Morgan fingerprint density at radius 1 is 1.35 bits per heavy atom. The summed E-state index contributed by atoms with van der Waals surface area (Å²) in [5, 5.41) is 0.468. The summed E-state index contributed by atoms with van der Waals surface area (Å²) in [4.78, 5) is -0.00258. The molecular weight excluding hydrogens is 323 g/mol. The molecule has 1 aromatic carbocycles. The lowest BCUT2D eigenvalue weighted by Gasteiger charge is -2.45. The maximum Gasteiger partial charge on any atom is 0.242 e. The maximum absolute atomic E-state index is 12.4. The first-order valence-electron chi connectivity index (χ1n) is 6.25. The number of halogens is 2. The van der Waals surface area contributed by atoms with Crippen LogP contribution in [0.25, 0.3) is 0 Å². The zero-order valence-electron chi connectivity index (χ0n) is 10.4. The summed E-state index contributed by atoms with van der Waals surface area (Å²) < 4.78 is 32.8. The first-order chi connectivity index (χ1) is 9.40. The van der Waals surface area contributed by atoms with Crippen LogP contribution in [0.2, 0.25) is 10.0 Å². The van der Waals surface area contributed by atoms with Crippen molar-refractivity contribution in [2.24, 2.45) is 11.7 Å². The Morgan fingerprint density at radius 3 is 2.80 bits per heavy atom. The molecule has 2 fully saturated rings. The molecule has 110 valence electrons. The maximum atomic E-state index is 12.4. The monoisotopic (exact) mass is 336 g/mol. The van der Waals surface area contributed by atoms with Crippen LogP contribution in [-0.2, 0) is 14.8 Å². The van der Waals surface area contributed by atoms with E-state index in [1.807, 2.05) is 0 Å². The van der Waals surface area contributed by atoms with Gasteiger partial charge in [-0.25, -0.2) is 13.1 Å². The van der Waals surface area contributed by atoms with E-state index < -0.39 is 16.1 Å². The van der Waals surface area contributed by atoms with Gasteiger partial charge in [-0.3, -0.25) is 0 Å². The van der Waals surface area contributed by atoms with Crippen molar-refractivity contribution in [3.63, 3.8) is 0 Å². The Bertz CT molecular complexity index is 638. The number of hydrogen-bond donors (Lipinski definition) is 2. The summed E-state index contributed by atoms with van der Waals surface area (Å²) in [7, 11) is -3.74. The molecule has 4 atom stereocenters. The van der Waals surface area contributed by atoms with Crippen LogP contribution in [0.1, 0.15) is 6.42 Å². The molecule has 0 bridgehead atoms. The Balaban J connectivity index is 1.82. The minimum Gasteiger partial charge on any atom is -0.376 e. The Hall–Kier alpha value is -0.370. The molecule has 3 rings (SSSR count). The highest BCUT2D eigenvalue weighted by Gasteiger charge is 2.53. The lowest BCUT2D eigenvalue weighted by atomic mass is 9.73. The van der Waals surface area contributed by atoms with Gasteiger partial charge in [-0.1, -0.05) is 23.2 Å². The zero-order chi connectivity index (χ0) is 14.5. The summed E-state index contributed by atoms with van der Waals surface area (Å²) in [6.07, 6.45) is 0.747. The number of fused-ring (bicyclic) bond motifs is 1. The van der Waals surface area contributed by atoms with E-state index in [1.165, 1.54) is 18.2 Å². The van der Waals surface area contributed by atoms with Gasteiger partial charge in [0.1, 0.15) is 4.90 Å². The quantitative estimate of drug-likeness (QED) is 0.873. The van der Waals surface area contributed by atoms with Crippen LogP contribution < -0.4 is 10.5 Å². The minimum atomic E-state index is -3.74. The van der Waals surface area contributed by atoms with Crippen molar-refractivity contribution in [3.8, 4) is 0 Å². The van der Waals surface area contributed by atoms with Gasteiger partial charge in [-0.15, -0.1) is 0 Å². The first kappa shape index (κ1) is 14.6. The molecule has 1 saturated heterocycles. The summed E-state index contributed by atoms with van der Waals surface area (Å²) >= 11 is 11.7. The van der Waals surface area contributed by atoms with Gasteiger partial charge in [0.05, 0.1) is 17.2 Å². The molecule has 5 nitrogen and oxygen atoms in total. The Kier molecular flexibility index (Phi) is 3.73. The summed E-state index contributed by atoms with van der Waals surface area (Å²) in [6, 6.07) is 3.64. The van der Waals surface area contributed by atoms with Crippen molar-refractivity contribution < 1.29 is 13.2 Å². The van der Waals surface area contributed by atoms with Crippen LogP contribution in [-0.4, -0.2) is 33.2 Å². The number of sulfonamides is 1. The lowest BCUT2D eigenvalue weighted by molar-refractivity contribution is -0.00923. The molecule has 1 heterocycles. The smallest absolute Gasteiger partial charge is 0.242 e. The molecule has 0 unspecified atom stereocenters. The molecule has 20 heavy (non-hydrogen) atoms. The average molecular weight is 337 g/mol. The van der Waals surface area contributed by atoms with Crippen molar-refractivity contribution in [3.05, 3.63) is 28.2 Å². The molecule has 0 amide bonds.